The first-order valence-corrected chi connectivity index (χ1v) is 6.26. The minimum atomic E-state index is -0.716. The Morgan fingerprint density at radius 3 is 2.67 bits per heavy atom. The van der Waals surface area contributed by atoms with Gasteiger partial charge in [-0.2, -0.15) is 0 Å². The maximum atomic E-state index is 10.5. The first-order chi connectivity index (χ1) is 7.16. The Balaban J connectivity index is 2.21. The lowest BCUT2D eigenvalue weighted by Gasteiger charge is -2.07. The molecule has 0 saturated heterocycles. The van der Waals surface area contributed by atoms with Gasteiger partial charge in [-0.3, -0.25) is 4.79 Å². The summed E-state index contributed by atoms with van der Waals surface area (Å²) in [6, 6.07) is 4.42. The quantitative estimate of drug-likeness (QED) is 0.871. The maximum Gasteiger partial charge on any atom is 0.303 e. The molecule has 0 heterocycles. The molecule has 2 rings (SSSR count). The first kappa shape index (κ1) is 10.9. The van der Waals surface area contributed by atoms with Crippen molar-refractivity contribution in [3.05, 3.63) is 32.4 Å². The summed E-state index contributed by atoms with van der Waals surface area (Å²) in [5.41, 5.74) is 4.08. The summed E-state index contributed by atoms with van der Waals surface area (Å²) in [6.07, 6.45) is 4.47. The summed E-state index contributed by atoms with van der Waals surface area (Å²) in [4.78, 5) is 10.5. The summed E-state index contributed by atoms with van der Waals surface area (Å²) < 4.78 is 1.22. The van der Waals surface area contributed by atoms with Gasteiger partial charge in [0.25, 0.3) is 0 Å². The molecule has 0 fully saturated rings. The lowest BCUT2D eigenvalue weighted by molar-refractivity contribution is -0.136. The van der Waals surface area contributed by atoms with E-state index in [1.807, 2.05) is 0 Å². The number of carboxylic acids is 1. The molecular weight excluding hydrogens is 303 g/mol. The van der Waals surface area contributed by atoms with E-state index in [1.54, 1.807) is 0 Å². The van der Waals surface area contributed by atoms with Gasteiger partial charge in [-0.15, -0.1) is 0 Å². The molecule has 0 saturated carbocycles. The molecule has 0 bridgehead atoms. The van der Waals surface area contributed by atoms with Crippen molar-refractivity contribution in [2.24, 2.45) is 0 Å². The lowest BCUT2D eigenvalue weighted by Crippen LogP contribution is -2.00. The zero-order valence-corrected chi connectivity index (χ0v) is 10.6. The molecule has 80 valence electrons. The van der Waals surface area contributed by atoms with Crippen molar-refractivity contribution in [1.82, 2.24) is 0 Å². The van der Waals surface area contributed by atoms with Crippen LogP contribution in [0.1, 0.15) is 29.5 Å². The number of halogens is 1. The average Bonchev–Trinajstić information content (AvgIpc) is 2.60. The summed E-state index contributed by atoms with van der Waals surface area (Å²) in [7, 11) is 0. The van der Waals surface area contributed by atoms with E-state index in [4.69, 9.17) is 5.11 Å². The maximum absolute atomic E-state index is 10.5. The highest BCUT2D eigenvalue weighted by atomic mass is 127. The molecule has 0 aliphatic heterocycles. The van der Waals surface area contributed by atoms with Crippen molar-refractivity contribution < 1.29 is 9.90 Å². The van der Waals surface area contributed by atoms with Crippen molar-refractivity contribution in [3.63, 3.8) is 0 Å². The van der Waals surface area contributed by atoms with Crippen LogP contribution in [0.25, 0.3) is 0 Å². The van der Waals surface area contributed by atoms with E-state index in [1.165, 1.54) is 33.1 Å². The third-order valence-corrected chi connectivity index (χ3v) is 3.87. The van der Waals surface area contributed by atoms with E-state index in [9.17, 15) is 4.79 Å². The number of rotatable bonds is 3. The highest BCUT2D eigenvalue weighted by molar-refractivity contribution is 14.1. The van der Waals surface area contributed by atoms with Gasteiger partial charge in [-0.1, -0.05) is 6.07 Å². The van der Waals surface area contributed by atoms with E-state index in [-0.39, 0.29) is 6.42 Å². The van der Waals surface area contributed by atoms with Crippen LogP contribution < -0.4 is 0 Å². The predicted octanol–water partition coefficient (Wildman–Crippen LogP) is 2.80. The molecule has 0 spiro atoms. The van der Waals surface area contributed by atoms with Gasteiger partial charge in [-0.05, 0) is 71.0 Å². The van der Waals surface area contributed by atoms with Crippen LogP contribution in [0.3, 0.4) is 0 Å². The second-order valence-electron chi connectivity index (χ2n) is 3.96. The Morgan fingerprint density at radius 1 is 1.33 bits per heavy atom. The smallest absolute Gasteiger partial charge is 0.303 e. The number of aliphatic carboxylic acids is 1. The predicted molar refractivity (Wildman–Crippen MR) is 67.1 cm³/mol. The van der Waals surface area contributed by atoms with Crippen LogP contribution in [-0.4, -0.2) is 11.1 Å². The molecule has 3 heteroatoms. The highest BCUT2D eigenvalue weighted by Gasteiger charge is 2.13. The van der Waals surface area contributed by atoms with Crippen molar-refractivity contribution >= 4 is 28.6 Å². The van der Waals surface area contributed by atoms with Crippen molar-refractivity contribution in [2.75, 3.05) is 0 Å². The second kappa shape index (κ2) is 4.51. The number of hydrogen-bond acceptors (Lipinski definition) is 1. The third-order valence-electron chi connectivity index (χ3n) is 2.87. The average molecular weight is 316 g/mol. The van der Waals surface area contributed by atoms with E-state index < -0.39 is 5.97 Å². The summed E-state index contributed by atoms with van der Waals surface area (Å²) >= 11 is 2.31. The number of benzene rings is 1. The number of aryl methyl sites for hydroxylation is 3. The Morgan fingerprint density at radius 2 is 2.00 bits per heavy atom. The zero-order valence-electron chi connectivity index (χ0n) is 8.42. The molecule has 15 heavy (non-hydrogen) atoms. The number of carboxylic acid groups (broad SMARTS) is 1. The van der Waals surface area contributed by atoms with Crippen LogP contribution in [0, 0.1) is 3.57 Å². The van der Waals surface area contributed by atoms with Gasteiger partial charge in [0.15, 0.2) is 0 Å². The largest absolute Gasteiger partial charge is 0.481 e. The summed E-state index contributed by atoms with van der Waals surface area (Å²) in [5, 5.41) is 8.66. The monoisotopic (exact) mass is 316 g/mol. The van der Waals surface area contributed by atoms with Crippen LogP contribution in [0.5, 0.6) is 0 Å². The Bertz CT molecular complexity index is 399. The molecule has 0 unspecified atom stereocenters. The molecule has 2 nitrogen and oxygen atoms in total. The van der Waals surface area contributed by atoms with E-state index in [0.29, 0.717) is 6.42 Å². The second-order valence-corrected chi connectivity index (χ2v) is 5.12. The third kappa shape index (κ3) is 2.51. The number of hydrogen-bond donors (Lipinski definition) is 1. The molecule has 1 N–H and O–H groups in total. The summed E-state index contributed by atoms with van der Waals surface area (Å²) in [5.74, 6) is -0.716. The van der Waals surface area contributed by atoms with Crippen molar-refractivity contribution in [1.29, 1.82) is 0 Å². The molecule has 1 aliphatic rings. The lowest BCUT2D eigenvalue weighted by atomic mass is 10.0. The van der Waals surface area contributed by atoms with Gasteiger partial charge in [0.05, 0.1) is 0 Å². The van der Waals surface area contributed by atoms with E-state index in [0.717, 1.165) is 6.42 Å². The fourth-order valence-electron chi connectivity index (χ4n) is 2.08. The van der Waals surface area contributed by atoms with Crippen LogP contribution in [-0.2, 0) is 24.1 Å². The number of carbonyl (C=O) groups is 1. The number of fused-ring (bicyclic) bond motifs is 1. The molecule has 1 aromatic rings. The Kier molecular flexibility index (Phi) is 3.29. The van der Waals surface area contributed by atoms with Gasteiger partial charge in [0, 0.05) is 9.99 Å². The zero-order chi connectivity index (χ0) is 10.8. The minimum Gasteiger partial charge on any atom is -0.481 e. The van der Waals surface area contributed by atoms with Crippen LogP contribution in [0.15, 0.2) is 12.1 Å². The molecule has 0 atom stereocenters. The van der Waals surface area contributed by atoms with E-state index >= 15 is 0 Å². The van der Waals surface area contributed by atoms with Gasteiger partial charge in [0.2, 0.25) is 0 Å². The van der Waals surface area contributed by atoms with Crippen LogP contribution >= 0.6 is 22.6 Å². The van der Waals surface area contributed by atoms with Crippen LogP contribution in [0.4, 0.5) is 0 Å². The molecule has 1 aromatic carbocycles. The summed E-state index contributed by atoms with van der Waals surface area (Å²) in [6.45, 7) is 0. The standard InChI is InChI=1S/C12H13IO2/c13-11-7-9-3-1-2-8(9)6-10(11)4-5-12(14)15/h6-7H,1-5H2,(H,14,15). The van der Waals surface area contributed by atoms with Crippen LogP contribution in [0.2, 0.25) is 0 Å². The SMILES string of the molecule is O=C(O)CCc1cc2c(cc1I)CCC2. The minimum absolute atomic E-state index is 0.231. The topological polar surface area (TPSA) is 37.3 Å². The molecular formula is C12H13IO2. The van der Waals surface area contributed by atoms with Gasteiger partial charge in [0.1, 0.15) is 0 Å². The van der Waals surface area contributed by atoms with Crippen molar-refractivity contribution in [3.8, 4) is 0 Å². The van der Waals surface area contributed by atoms with E-state index in [2.05, 4.69) is 34.7 Å². The molecule has 0 amide bonds. The highest BCUT2D eigenvalue weighted by Crippen LogP contribution is 2.27. The Labute approximate surface area is 103 Å². The fourth-order valence-corrected chi connectivity index (χ4v) is 2.88. The first-order valence-electron chi connectivity index (χ1n) is 5.19. The van der Waals surface area contributed by atoms with Gasteiger partial charge < -0.3 is 5.11 Å². The fraction of sp³-hybridized carbons (Fsp3) is 0.417. The van der Waals surface area contributed by atoms with Crippen molar-refractivity contribution in [2.45, 2.75) is 32.1 Å². The normalized spacial score (nSPS) is 13.9. The molecule has 1 aliphatic carbocycles. The van der Waals surface area contributed by atoms with Gasteiger partial charge >= 0.3 is 5.97 Å². The van der Waals surface area contributed by atoms with Gasteiger partial charge in [-0.25, -0.2) is 0 Å². The Hall–Kier alpha value is -0.580. The molecule has 0 radical (unpaired) electrons. The molecule has 0 aromatic heterocycles.